The molecule has 0 aromatic heterocycles. The molecule has 0 spiro atoms. The van der Waals surface area contributed by atoms with Gasteiger partial charge in [-0.3, -0.25) is 4.90 Å². The molecule has 1 atom stereocenters. The fourth-order valence-electron chi connectivity index (χ4n) is 3.74. The lowest BCUT2D eigenvalue weighted by molar-refractivity contribution is -0.0465. The maximum atomic E-state index is 9.52. The van der Waals surface area contributed by atoms with Crippen LogP contribution in [-0.4, -0.2) is 62.6 Å². The fraction of sp³-hybridized carbons (Fsp3) is 1.00. The van der Waals surface area contributed by atoms with Crippen LogP contribution in [-0.2, 0) is 4.74 Å². The first-order valence-electron chi connectivity index (χ1n) is 7.87. The number of morpholine rings is 1. The Balaban J connectivity index is 2.01. The average molecular weight is 270 g/mol. The lowest BCUT2D eigenvalue weighted by atomic mass is 9.79. The first kappa shape index (κ1) is 15.2. The van der Waals surface area contributed by atoms with Crippen LogP contribution in [0, 0.1) is 5.41 Å². The van der Waals surface area contributed by atoms with Crippen molar-refractivity contribution in [2.75, 3.05) is 46.5 Å². The first-order chi connectivity index (χ1) is 9.29. The van der Waals surface area contributed by atoms with Gasteiger partial charge in [0.05, 0.1) is 25.9 Å². The number of nitrogens with zero attached hydrogens (tertiary/aromatic N) is 1. The van der Waals surface area contributed by atoms with E-state index in [0.29, 0.717) is 12.0 Å². The van der Waals surface area contributed by atoms with Crippen molar-refractivity contribution in [2.24, 2.45) is 5.41 Å². The molecular weight excluding hydrogens is 240 g/mol. The lowest BCUT2D eigenvalue weighted by Crippen LogP contribution is -2.53. The lowest BCUT2D eigenvalue weighted by Gasteiger charge is -2.42. The summed E-state index contributed by atoms with van der Waals surface area (Å²) in [4.78, 5) is 2.46. The molecule has 0 aromatic rings. The molecule has 4 heteroatoms. The Labute approximate surface area is 117 Å². The molecule has 0 bridgehead atoms. The summed E-state index contributed by atoms with van der Waals surface area (Å²) in [6, 6.07) is 0.200. The summed E-state index contributed by atoms with van der Waals surface area (Å²) < 4.78 is 5.49. The Morgan fingerprint density at radius 2 is 2.00 bits per heavy atom. The van der Waals surface area contributed by atoms with E-state index < -0.39 is 0 Å². The second-order valence-corrected chi connectivity index (χ2v) is 6.33. The SMILES string of the molecule is CNCC1(CN2CCOCC2CO)CCCCCC1. The Hall–Kier alpha value is -0.160. The highest BCUT2D eigenvalue weighted by Gasteiger charge is 2.35. The fourth-order valence-corrected chi connectivity index (χ4v) is 3.74. The molecule has 2 aliphatic rings. The predicted molar refractivity (Wildman–Crippen MR) is 77.3 cm³/mol. The third-order valence-corrected chi connectivity index (χ3v) is 4.81. The molecule has 1 aliphatic heterocycles. The normalized spacial score (nSPS) is 29.1. The van der Waals surface area contributed by atoms with Gasteiger partial charge in [-0.1, -0.05) is 25.7 Å². The topological polar surface area (TPSA) is 44.7 Å². The van der Waals surface area contributed by atoms with Gasteiger partial charge in [-0.15, -0.1) is 0 Å². The molecule has 19 heavy (non-hydrogen) atoms. The van der Waals surface area contributed by atoms with E-state index in [0.717, 1.165) is 26.2 Å². The van der Waals surface area contributed by atoms with Crippen LogP contribution in [0.3, 0.4) is 0 Å². The highest BCUT2D eigenvalue weighted by molar-refractivity contribution is 4.89. The van der Waals surface area contributed by atoms with Crippen molar-refractivity contribution in [3.8, 4) is 0 Å². The van der Waals surface area contributed by atoms with E-state index in [1.54, 1.807) is 0 Å². The number of aliphatic hydroxyl groups excluding tert-OH is 1. The molecule has 2 N–H and O–H groups in total. The summed E-state index contributed by atoms with van der Waals surface area (Å²) in [7, 11) is 2.06. The third kappa shape index (κ3) is 4.15. The monoisotopic (exact) mass is 270 g/mol. The van der Waals surface area contributed by atoms with Crippen molar-refractivity contribution >= 4 is 0 Å². The number of ether oxygens (including phenoxy) is 1. The molecule has 0 aromatic carbocycles. The Morgan fingerprint density at radius 1 is 1.26 bits per heavy atom. The number of hydrogen-bond acceptors (Lipinski definition) is 4. The van der Waals surface area contributed by atoms with Gasteiger partial charge in [0.25, 0.3) is 0 Å². The molecule has 1 saturated carbocycles. The summed E-state index contributed by atoms with van der Waals surface area (Å²) in [6.07, 6.45) is 8.13. The average Bonchev–Trinajstić information content (AvgIpc) is 2.66. The maximum Gasteiger partial charge on any atom is 0.0644 e. The smallest absolute Gasteiger partial charge is 0.0644 e. The largest absolute Gasteiger partial charge is 0.395 e. The van der Waals surface area contributed by atoms with E-state index in [9.17, 15) is 5.11 Å². The van der Waals surface area contributed by atoms with Gasteiger partial charge in [-0.25, -0.2) is 0 Å². The van der Waals surface area contributed by atoms with Crippen LogP contribution in [0.1, 0.15) is 38.5 Å². The van der Waals surface area contributed by atoms with E-state index in [2.05, 4.69) is 17.3 Å². The van der Waals surface area contributed by atoms with E-state index in [1.165, 1.54) is 38.5 Å². The van der Waals surface area contributed by atoms with Crippen molar-refractivity contribution in [3.63, 3.8) is 0 Å². The van der Waals surface area contributed by atoms with Gasteiger partial charge < -0.3 is 15.2 Å². The van der Waals surface area contributed by atoms with E-state index >= 15 is 0 Å². The van der Waals surface area contributed by atoms with Gasteiger partial charge in [-0.05, 0) is 25.3 Å². The predicted octanol–water partition coefficient (Wildman–Crippen LogP) is 1.24. The summed E-state index contributed by atoms with van der Waals surface area (Å²) >= 11 is 0. The molecule has 1 aliphatic carbocycles. The molecule has 0 radical (unpaired) electrons. The molecular formula is C15H30N2O2. The van der Waals surface area contributed by atoms with Gasteiger partial charge >= 0.3 is 0 Å². The quantitative estimate of drug-likeness (QED) is 0.738. The van der Waals surface area contributed by atoms with Crippen LogP contribution in [0.4, 0.5) is 0 Å². The summed E-state index contributed by atoms with van der Waals surface area (Å²) in [5.74, 6) is 0. The van der Waals surface area contributed by atoms with Gasteiger partial charge in [0, 0.05) is 19.6 Å². The third-order valence-electron chi connectivity index (χ3n) is 4.81. The molecule has 4 nitrogen and oxygen atoms in total. The second kappa shape index (κ2) is 7.58. The van der Waals surface area contributed by atoms with Gasteiger partial charge in [0.2, 0.25) is 0 Å². The van der Waals surface area contributed by atoms with Gasteiger partial charge in [-0.2, -0.15) is 0 Å². The van der Waals surface area contributed by atoms with Crippen LogP contribution in [0.15, 0.2) is 0 Å². The maximum absolute atomic E-state index is 9.52. The van der Waals surface area contributed by atoms with E-state index in [1.807, 2.05) is 0 Å². The highest BCUT2D eigenvalue weighted by atomic mass is 16.5. The summed E-state index contributed by atoms with van der Waals surface area (Å²) in [6.45, 7) is 4.90. The van der Waals surface area contributed by atoms with Crippen molar-refractivity contribution in [1.82, 2.24) is 10.2 Å². The number of aliphatic hydroxyl groups is 1. The summed E-state index contributed by atoms with van der Waals surface area (Å²) in [5.41, 5.74) is 0.399. The molecule has 1 heterocycles. The van der Waals surface area contributed by atoms with Gasteiger partial charge in [0.1, 0.15) is 0 Å². The van der Waals surface area contributed by atoms with Crippen molar-refractivity contribution in [2.45, 2.75) is 44.6 Å². The first-order valence-corrected chi connectivity index (χ1v) is 7.87. The molecule has 0 amide bonds. The minimum absolute atomic E-state index is 0.200. The second-order valence-electron chi connectivity index (χ2n) is 6.33. The molecule has 2 fully saturated rings. The Bertz CT molecular complexity index is 253. The van der Waals surface area contributed by atoms with E-state index in [-0.39, 0.29) is 12.6 Å². The van der Waals surface area contributed by atoms with Crippen LogP contribution < -0.4 is 5.32 Å². The Morgan fingerprint density at radius 3 is 2.63 bits per heavy atom. The highest BCUT2D eigenvalue weighted by Crippen LogP contribution is 2.36. The van der Waals surface area contributed by atoms with Crippen LogP contribution in [0.5, 0.6) is 0 Å². The molecule has 1 unspecified atom stereocenters. The summed E-state index contributed by atoms with van der Waals surface area (Å²) in [5, 5.41) is 12.9. The number of nitrogens with one attached hydrogen (secondary N) is 1. The van der Waals surface area contributed by atoms with Crippen LogP contribution in [0.2, 0.25) is 0 Å². The Kier molecular flexibility index (Phi) is 6.07. The van der Waals surface area contributed by atoms with Gasteiger partial charge in [0.15, 0.2) is 0 Å². The zero-order valence-corrected chi connectivity index (χ0v) is 12.4. The van der Waals surface area contributed by atoms with Crippen LogP contribution >= 0.6 is 0 Å². The zero-order valence-electron chi connectivity index (χ0n) is 12.4. The van der Waals surface area contributed by atoms with E-state index in [4.69, 9.17) is 4.74 Å². The molecule has 1 saturated heterocycles. The number of rotatable bonds is 5. The zero-order chi connectivity index (χ0) is 13.6. The standard InChI is InChI=1S/C15H30N2O2/c1-16-12-15(6-4-2-3-5-7-15)13-17-8-9-19-11-14(17)10-18/h14,16,18H,2-13H2,1H3. The molecule has 112 valence electrons. The molecule has 2 rings (SSSR count). The minimum atomic E-state index is 0.200. The van der Waals surface area contributed by atoms with Crippen molar-refractivity contribution in [1.29, 1.82) is 0 Å². The van der Waals surface area contributed by atoms with Crippen LogP contribution in [0.25, 0.3) is 0 Å². The minimum Gasteiger partial charge on any atom is -0.395 e. The number of hydrogen-bond donors (Lipinski definition) is 2. The van der Waals surface area contributed by atoms with Crippen molar-refractivity contribution < 1.29 is 9.84 Å². The van der Waals surface area contributed by atoms with Crippen molar-refractivity contribution in [3.05, 3.63) is 0 Å².